The van der Waals surface area contributed by atoms with Gasteiger partial charge >= 0.3 is 0 Å². The highest BCUT2D eigenvalue weighted by Gasteiger charge is 2.46. The number of carbonyl (C=O) groups is 1. The molecule has 0 radical (unpaired) electrons. The molecule has 8 nitrogen and oxygen atoms in total. The molecule has 1 aromatic rings. The van der Waals surface area contributed by atoms with Gasteiger partial charge in [0.25, 0.3) is 5.91 Å². The quantitative estimate of drug-likeness (QED) is 0.318. The molecule has 0 unspecified atom stereocenters. The van der Waals surface area contributed by atoms with Crippen LogP contribution in [0.1, 0.15) is 31.2 Å². The van der Waals surface area contributed by atoms with Gasteiger partial charge in [0.05, 0.1) is 37.3 Å². The molecule has 1 saturated heterocycles. The third-order valence-corrected chi connectivity index (χ3v) is 6.06. The zero-order valence-corrected chi connectivity index (χ0v) is 19.0. The first kappa shape index (κ1) is 22.3. The number of rotatable bonds is 6. The van der Waals surface area contributed by atoms with Crippen LogP contribution in [0.3, 0.4) is 0 Å². The second-order valence-electron chi connectivity index (χ2n) is 9.07. The summed E-state index contributed by atoms with van der Waals surface area (Å²) in [5.74, 6) is 12.2. The van der Waals surface area contributed by atoms with Gasteiger partial charge in [-0.2, -0.15) is 5.10 Å². The number of nitrogens with zero attached hydrogens (tertiary/aromatic N) is 4. The van der Waals surface area contributed by atoms with Crippen LogP contribution in [-0.2, 0) is 14.3 Å². The molecule has 32 heavy (non-hydrogen) atoms. The highest BCUT2D eigenvalue weighted by molar-refractivity contribution is 6.63. The smallest absolute Gasteiger partial charge is 0.280 e. The van der Waals surface area contributed by atoms with Crippen molar-refractivity contribution in [2.24, 2.45) is 27.3 Å². The van der Waals surface area contributed by atoms with Crippen LogP contribution < -0.4 is 15.6 Å². The number of hydrogen-bond acceptors (Lipinski definition) is 7. The van der Waals surface area contributed by atoms with Crippen LogP contribution in [-0.4, -0.2) is 65.0 Å². The summed E-state index contributed by atoms with van der Waals surface area (Å²) in [6, 6.07) is 5.86. The maximum absolute atomic E-state index is 13.1. The molecule has 1 spiro atoms. The van der Waals surface area contributed by atoms with Crippen molar-refractivity contribution in [3.63, 3.8) is 0 Å². The number of benzene rings is 1. The maximum atomic E-state index is 13.1. The van der Waals surface area contributed by atoms with Crippen molar-refractivity contribution in [1.29, 1.82) is 0 Å². The van der Waals surface area contributed by atoms with Crippen molar-refractivity contribution in [1.82, 2.24) is 0 Å². The van der Waals surface area contributed by atoms with Crippen LogP contribution in [0, 0.1) is 23.2 Å². The van der Waals surface area contributed by atoms with Gasteiger partial charge in [-0.15, -0.1) is 0 Å². The Hall–Kier alpha value is -2.89. The molecule has 0 atom stereocenters. The van der Waals surface area contributed by atoms with E-state index in [1.54, 1.807) is 7.05 Å². The number of ether oxygens (including phenoxy) is 2. The van der Waals surface area contributed by atoms with Crippen LogP contribution in [0.15, 0.2) is 28.3 Å². The summed E-state index contributed by atoms with van der Waals surface area (Å²) in [4.78, 5) is 20.9. The molecular formula is C24H31N5O3. The number of hydrogen-bond donors (Lipinski definition) is 1. The lowest BCUT2D eigenvalue weighted by molar-refractivity contribution is -0.201. The number of anilines is 2. The van der Waals surface area contributed by atoms with Crippen LogP contribution >= 0.6 is 0 Å². The maximum Gasteiger partial charge on any atom is 0.280 e. The Morgan fingerprint density at radius 2 is 1.94 bits per heavy atom. The number of nitrogens with two attached hydrogens (primary N) is 1. The summed E-state index contributed by atoms with van der Waals surface area (Å²) in [5, 5.41) is 3.67. The largest absolute Gasteiger partial charge is 0.376 e. The summed E-state index contributed by atoms with van der Waals surface area (Å²) in [7, 11) is 5.56. The van der Waals surface area contributed by atoms with E-state index >= 15 is 0 Å². The Balaban J connectivity index is 1.43. The van der Waals surface area contributed by atoms with Crippen LogP contribution in [0.2, 0.25) is 0 Å². The second kappa shape index (κ2) is 9.31. The molecule has 4 rings (SSSR count). The second-order valence-corrected chi connectivity index (χ2v) is 9.07. The summed E-state index contributed by atoms with van der Waals surface area (Å²) in [6.45, 7) is 1.71. The zero-order chi connectivity index (χ0) is 22.7. The first-order valence-corrected chi connectivity index (χ1v) is 11.0. The number of hydrazone groups is 1. The molecule has 1 aromatic carbocycles. The van der Waals surface area contributed by atoms with Gasteiger partial charge in [-0.3, -0.25) is 9.79 Å². The van der Waals surface area contributed by atoms with Gasteiger partial charge in [-0.05, 0) is 43.9 Å². The fourth-order valence-corrected chi connectivity index (χ4v) is 3.51. The van der Waals surface area contributed by atoms with E-state index in [2.05, 4.69) is 21.9 Å². The van der Waals surface area contributed by atoms with Gasteiger partial charge in [0, 0.05) is 38.0 Å². The summed E-state index contributed by atoms with van der Waals surface area (Å²) < 4.78 is 11.5. The summed E-state index contributed by atoms with van der Waals surface area (Å²) in [5.41, 5.74) is 2.79. The SMILES string of the molecule is CN(C)c1ccc(C#CC2CC2)cc1N(C)C(=O)/C(C=NCC1OCC2(CC2)CO1)=N/N. The molecule has 1 aliphatic heterocycles. The molecule has 0 aromatic heterocycles. The number of carbonyl (C=O) groups excluding carboxylic acids is 1. The van der Waals surface area contributed by atoms with Crippen molar-refractivity contribution in [2.75, 3.05) is 50.7 Å². The van der Waals surface area contributed by atoms with Crippen molar-refractivity contribution < 1.29 is 14.3 Å². The monoisotopic (exact) mass is 437 g/mol. The first-order valence-electron chi connectivity index (χ1n) is 11.0. The molecular weight excluding hydrogens is 406 g/mol. The van der Waals surface area contributed by atoms with Gasteiger partial charge in [-0.25, -0.2) is 0 Å². The average molecular weight is 438 g/mol. The minimum Gasteiger partial charge on any atom is -0.376 e. The Kier molecular flexibility index (Phi) is 6.49. The lowest BCUT2D eigenvalue weighted by atomic mass is 10.1. The van der Waals surface area contributed by atoms with E-state index in [9.17, 15) is 4.79 Å². The van der Waals surface area contributed by atoms with E-state index in [0.717, 1.165) is 29.8 Å². The third-order valence-electron chi connectivity index (χ3n) is 6.06. The highest BCUT2D eigenvalue weighted by Crippen LogP contribution is 2.48. The van der Waals surface area contributed by atoms with Gasteiger partial charge < -0.3 is 25.1 Å². The van der Waals surface area contributed by atoms with Crippen molar-refractivity contribution in [2.45, 2.75) is 32.0 Å². The molecule has 1 amide bonds. The minimum atomic E-state index is -0.397. The predicted octanol–water partition coefficient (Wildman–Crippen LogP) is 2.02. The normalized spacial score (nSPS) is 20.2. The first-order chi connectivity index (χ1) is 15.4. The number of amides is 1. The fourth-order valence-electron chi connectivity index (χ4n) is 3.51. The Morgan fingerprint density at radius 1 is 1.22 bits per heavy atom. The lowest BCUT2D eigenvalue weighted by Crippen LogP contribution is -2.37. The van der Waals surface area contributed by atoms with E-state index in [-0.39, 0.29) is 17.0 Å². The third kappa shape index (κ3) is 5.29. The van der Waals surface area contributed by atoms with Crippen LogP contribution in [0.4, 0.5) is 11.4 Å². The Bertz CT molecular complexity index is 973. The molecule has 3 fully saturated rings. The fraction of sp³-hybridized carbons (Fsp3) is 0.542. The predicted molar refractivity (Wildman–Crippen MR) is 126 cm³/mol. The van der Waals surface area contributed by atoms with Gasteiger partial charge in [0.2, 0.25) is 0 Å². The van der Waals surface area contributed by atoms with Crippen LogP contribution in [0.25, 0.3) is 0 Å². The molecule has 0 bridgehead atoms. The van der Waals surface area contributed by atoms with E-state index in [4.69, 9.17) is 15.3 Å². The topological polar surface area (TPSA) is 92.8 Å². The lowest BCUT2D eigenvalue weighted by Gasteiger charge is -2.28. The molecule has 8 heteroatoms. The number of aliphatic imine (C=N–C) groups is 1. The molecule has 2 aliphatic carbocycles. The molecule has 2 saturated carbocycles. The van der Waals surface area contributed by atoms with E-state index in [1.165, 1.54) is 24.0 Å². The molecule has 170 valence electrons. The van der Waals surface area contributed by atoms with E-state index in [0.29, 0.717) is 25.7 Å². The van der Waals surface area contributed by atoms with Gasteiger partial charge in [-0.1, -0.05) is 11.8 Å². The van der Waals surface area contributed by atoms with E-state index in [1.807, 2.05) is 37.2 Å². The zero-order valence-electron chi connectivity index (χ0n) is 19.0. The molecule has 3 aliphatic rings. The van der Waals surface area contributed by atoms with Crippen LogP contribution in [0.5, 0.6) is 0 Å². The van der Waals surface area contributed by atoms with Crippen molar-refractivity contribution in [3.05, 3.63) is 23.8 Å². The minimum absolute atomic E-state index is 0.0566. The summed E-state index contributed by atoms with van der Waals surface area (Å²) in [6.07, 6.45) is 5.65. The van der Waals surface area contributed by atoms with Crippen molar-refractivity contribution >= 4 is 29.2 Å². The average Bonchev–Trinajstić information content (AvgIpc) is 3.73. The molecule has 1 heterocycles. The Labute approximate surface area is 189 Å². The van der Waals surface area contributed by atoms with Gasteiger partial charge in [0.1, 0.15) is 0 Å². The standard InChI is InChI=1S/C24H31N5O3/c1-28(2)20-9-8-18(7-6-17-4-5-17)12-21(20)29(3)23(30)19(27-25)13-26-14-22-31-15-24(10-11-24)16-32-22/h8-9,12-13,17,22H,4-5,10-11,14-16,25H2,1-3H3/b26-13?,27-19+. The van der Waals surface area contributed by atoms with E-state index < -0.39 is 6.29 Å². The summed E-state index contributed by atoms with van der Waals surface area (Å²) >= 11 is 0. The van der Waals surface area contributed by atoms with Crippen molar-refractivity contribution in [3.8, 4) is 11.8 Å². The Morgan fingerprint density at radius 3 is 2.53 bits per heavy atom. The van der Waals surface area contributed by atoms with Gasteiger partial charge in [0.15, 0.2) is 12.0 Å². The highest BCUT2D eigenvalue weighted by atomic mass is 16.7. The molecule has 2 N–H and O–H groups in total.